The summed E-state index contributed by atoms with van der Waals surface area (Å²) in [5.41, 5.74) is 1.87. The van der Waals surface area contributed by atoms with Crippen molar-refractivity contribution in [1.29, 1.82) is 0 Å². The standard InChI is InChI=1S/C22H19F2N3O3/c1-14(20(24)5-4-17(10-23)30-8-7-28)21(29)19-13-27-22-18(19)9-16(12-26-22)15-3-2-6-25-11-15/h2-6,9,11-13,28H,1,7-8,10H2,(H,26,27)/b17-4+,20-5+. The number of hydrogen-bond donors (Lipinski definition) is 2. The van der Waals surface area contributed by atoms with Gasteiger partial charge >= 0.3 is 0 Å². The Kier molecular flexibility index (Phi) is 6.82. The monoisotopic (exact) mass is 411 g/mol. The lowest BCUT2D eigenvalue weighted by molar-refractivity contribution is 0.103. The van der Waals surface area contributed by atoms with Gasteiger partial charge < -0.3 is 14.8 Å². The molecule has 0 aromatic carbocycles. The molecule has 2 N–H and O–H groups in total. The molecule has 0 amide bonds. The van der Waals surface area contributed by atoms with E-state index in [2.05, 4.69) is 21.5 Å². The molecule has 0 aliphatic rings. The highest BCUT2D eigenvalue weighted by Crippen LogP contribution is 2.27. The fraction of sp³-hybridized carbons (Fsp3) is 0.136. The molecule has 154 valence electrons. The molecule has 0 atom stereocenters. The number of hydrogen-bond acceptors (Lipinski definition) is 5. The Hall–Kier alpha value is -3.65. The molecule has 0 bridgehead atoms. The van der Waals surface area contributed by atoms with Crippen molar-refractivity contribution in [3.63, 3.8) is 0 Å². The van der Waals surface area contributed by atoms with Crippen LogP contribution in [0.1, 0.15) is 10.4 Å². The number of aliphatic hydroxyl groups is 1. The van der Waals surface area contributed by atoms with Gasteiger partial charge in [-0.1, -0.05) is 12.6 Å². The molecule has 0 saturated carbocycles. The van der Waals surface area contributed by atoms with E-state index in [-0.39, 0.29) is 30.1 Å². The van der Waals surface area contributed by atoms with Crippen molar-refractivity contribution in [3.8, 4) is 11.1 Å². The minimum atomic E-state index is -0.977. The van der Waals surface area contributed by atoms with E-state index in [4.69, 9.17) is 9.84 Å². The molecule has 8 heteroatoms. The summed E-state index contributed by atoms with van der Waals surface area (Å²) in [6.45, 7) is 2.13. The number of aromatic nitrogens is 3. The van der Waals surface area contributed by atoms with Crippen molar-refractivity contribution in [2.45, 2.75) is 0 Å². The third-order valence-corrected chi connectivity index (χ3v) is 4.26. The van der Waals surface area contributed by atoms with Crippen molar-refractivity contribution in [2.24, 2.45) is 0 Å². The Labute approximate surface area is 171 Å². The van der Waals surface area contributed by atoms with Crippen LogP contribution in [-0.2, 0) is 4.74 Å². The third kappa shape index (κ3) is 4.66. The van der Waals surface area contributed by atoms with Gasteiger partial charge in [0.15, 0.2) is 5.78 Å². The number of carbonyl (C=O) groups is 1. The van der Waals surface area contributed by atoms with Crippen LogP contribution in [0.25, 0.3) is 22.2 Å². The van der Waals surface area contributed by atoms with Crippen molar-refractivity contribution in [2.75, 3.05) is 19.9 Å². The number of ether oxygens (including phenoxy) is 1. The van der Waals surface area contributed by atoms with Gasteiger partial charge in [0.2, 0.25) is 0 Å². The number of H-pyrrole nitrogens is 1. The van der Waals surface area contributed by atoms with Gasteiger partial charge in [0.1, 0.15) is 30.5 Å². The van der Waals surface area contributed by atoms with E-state index < -0.39 is 18.3 Å². The maximum atomic E-state index is 14.4. The smallest absolute Gasteiger partial charge is 0.197 e. The number of aliphatic hydroxyl groups excluding tert-OH is 1. The summed E-state index contributed by atoms with van der Waals surface area (Å²) in [7, 11) is 0. The average molecular weight is 411 g/mol. The van der Waals surface area contributed by atoms with Crippen LogP contribution in [0.3, 0.4) is 0 Å². The Bertz CT molecular complexity index is 1120. The largest absolute Gasteiger partial charge is 0.493 e. The Morgan fingerprint density at radius 1 is 1.30 bits per heavy atom. The number of aromatic amines is 1. The number of ketones is 1. The predicted molar refractivity (Wildman–Crippen MR) is 109 cm³/mol. The van der Waals surface area contributed by atoms with Crippen LogP contribution in [0.5, 0.6) is 0 Å². The lowest BCUT2D eigenvalue weighted by atomic mass is 10.0. The molecule has 3 rings (SSSR count). The third-order valence-electron chi connectivity index (χ3n) is 4.26. The van der Waals surface area contributed by atoms with Gasteiger partial charge in [-0.15, -0.1) is 0 Å². The lowest BCUT2D eigenvalue weighted by Gasteiger charge is -2.05. The molecule has 0 aliphatic carbocycles. The maximum Gasteiger partial charge on any atom is 0.197 e. The minimum absolute atomic E-state index is 0.118. The molecule has 0 unspecified atom stereocenters. The van der Waals surface area contributed by atoms with Crippen molar-refractivity contribution >= 4 is 16.8 Å². The van der Waals surface area contributed by atoms with Crippen molar-refractivity contribution < 1.29 is 23.4 Å². The first-order valence-corrected chi connectivity index (χ1v) is 9.02. The molecule has 0 aliphatic heterocycles. The summed E-state index contributed by atoms with van der Waals surface area (Å²) in [4.78, 5) is 24.1. The van der Waals surface area contributed by atoms with Crippen LogP contribution in [-0.4, -0.2) is 45.7 Å². The number of alkyl halides is 1. The van der Waals surface area contributed by atoms with Gasteiger partial charge in [0.05, 0.1) is 12.2 Å². The second-order valence-electron chi connectivity index (χ2n) is 6.23. The van der Waals surface area contributed by atoms with Crippen LogP contribution in [0.2, 0.25) is 0 Å². The van der Waals surface area contributed by atoms with Crippen LogP contribution < -0.4 is 0 Å². The predicted octanol–water partition coefficient (Wildman–Crippen LogP) is 4.08. The zero-order valence-corrected chi connectivity index (χ0v) is 15.9. The number of nitrogens with zero attached hydrogens (tertiary/aromatic N) is 2. The summed E-state index contributed by atoms with van der Waals surface area (Å²) in [6, 6.07) is 5.41. The van der Waals surface area contributed by atoms with Crippen LogP contribution in [0, 0.1) is 0 Å². The van der Waals surface area contributed by atoms with E-state index in [9.17, 15) is 13.6 Å². The number of pyridine rings is 2. The molecule has 3 heterocycles. The average Bonchev–Trinajstić information content (AvgIpc) is 3.21. The molecular weight excluding hydrogens is 392 g/mol. The van der Waals surface area contributed by atoms with Gasteiger partial charge in [-0.3, -0.25) is 9.78 Å². The highest BCUT2D eigenvalue weighted by molar-refractivity contribution is 6.17. The van der Waals surface area contributed by atoms with Crippen LogP contribution in [0.15, 0.2) is 78.9 Å². The molecule has 0 spiro atoms. The van der Waals surface area contributed by atoms with E-state index in [0.717, 1.165) is 23.3 Å². The molecule has 30 heavy (non-hydrogen) atoms. The van der Waals surface area contributed by atoms with Gasteiger partial charge in [0.25, 0.3) is 0 Å². The van der Waals surface area contributed by atoms with E-state index in [1.54, 1.807) is 30.7 Å². The minimum Gasteiger partial charge on any atom is -0.493 e. The fourth-order valence-electron chi connectivity index (χ4n) is 2.73. The maximum absolute atomic E-state index is 14.4. The molecule has 0 fully saturated rings. The fourth-order valence-corrected chi connectivity index (χ4v) is 2.73. The van der Waals surface area contributed by atoms with Crippen molar-refractivity contribution in [1.82, 2.24) is 15.0 Å². The first-order chi connectivity index (χ1) is 14.5. The number of allylic oxidation sites excluding steroid dienone is 5. The van der Waals surface area contributed by atoms with Gasteiger partial charge in [-0.2, -0.15) is 0 Å². The Balaban J connectivity index is 1.88. The molecule has 0 radical (unpaired) electrons. The zero-order valence-electron chi connectivity index (χ0n) is 15.9. The lowest BCUT2D eigenvalue weighted by Crippen LogP contribution is -2.03. The van der Waals surface area contributed by atoms with E-state index >= 15 is 0 Å². The Morgan fingerprint density at radius 3 is 2.83 bits per heavy atom. The van der Waals surface area contributed by atoms with E-state index in [1.807, 2.05) is 6.07 Å². The molecule has 6 nitrogen and oxygen atoms in total. The second-order valence-corrected chi connectivity index (χ2v) is 6.23. The number of halogens is 2. The quantitative estimate of drug-likeness (QED) is 0.240. The molecule has 3 aromatic rings. The topological polar surface area (TPSA) is 88.1 Å². The Morgan fingerprint density at radius 2 is 2.13 bits per heavy atom. The zero-order chi connectivity index (χ0) is 21.5. The molecule has 3 aromatic heterocycles. The number of Topliss-reactive ketones (excluding diaryl/α,β-unsaturated/α-hetero) is 1. The number of nitrogens with one attached hydrogen (secondary N) is 1. The first-order valence-electron chi connectivity index (χ1n) is 9.02. The second kappa shape index (κ2) is 9.71. The van der Waals surface area contributed by atoms with Gasteiger partial charge in [0, 0.05) is 46.9 Å². The summed E-state index contributed by atoms with van der Waals surface area (Å²) in [5.74, 6) is -1.73. The highest BCUT2D eigenvalue weighted by Gasteiger charge is 2.19. The van der Waals surface area contributed by atoms with Crippen LogP contribution >= 0.6 is 0 Å². The molecular formula is C22H19F2N3O3. The SMILES string of the molecule is C=C(C(=O)c1c[nH]c2ncc(-c3cccnc3)cc12)/C(F)=C\C=C(/CF)OCCO. The first kappa shape index (κ1) is 21.1. The van der Waals surface area contributed by atoms with Crippen molar-refractivity contribution in [3.05, 3.63) is 84.4 Å². The number of fused-ring (bicyclic) bond motifs is 1. The van der Waals surface area contributed by atoms with Gasteiger partial charge in [-0.25, -0.2) is 13.8 Å². The summed E-state index contributed by atoms with van der Waals surface area (Å²) >= 11 is 0. The summed E-state index contributed by atoms with van der Waals surface area (Å²) < 4.78 is 32.2. The number of carbonyl (C=O) groups excluding carboxylic acids is 1. The van der Waals surface area contributed by atoms with Gasteiger partial charge in [-0.05, 0) is 24.3 Å². The number of rotatable bonds is 9. The normalized spacial score (nSPS) is 12.2. The highest BCUT2D eigenvalue weighted by atomic mass is 19.1. The summed E-state index contributed by atoms with van der Waals surface area (Å²) in [5, 5.41) is 9.21. The van der Waals surface area contributed by atoms with Crippen LogP contribution in [0.4, 0.5) is 8.78 Å². The van der Waals surface area contributed by atoms with E-state index in [1.165, 1.54) is 6.20 Å². The molecule has 0 saturated heterocycles. The summed E-state index contributed by atoms with van der Waals surface area (Å²) in [6.07, 6.45) is 8.37. The van der Waals surface area contributed by atoms with E-state index in [0.29, 0.717) is 11.0 Å².